The van der Waals surface area contributed by atoms with E-state index in [0.717, 1.165) is 34.3 Å². The van der Waals surface area contributed by atoms with Crippen LogP contribution in [0.1, 0.15) is 15.9 Å². The van der Waals surface area contributed by atoms with Crippen molar-refractivity contribution in [3.05, 3.63) is 115 Å². The van der Waals surface area contributed by atoms with Crippen molar-refractivity contribution >= 4 is 22.5 Å². The van der Waals surface area contributed by atoms with Crippen molar-refractivity contribution in [1.29, 1.82) is 0 Å². The number of hydrogen-bond acceptors (Lipinski definition) is 3. The van der Waals surface area contributed by atoms with Gasteiger partial charge in [-0.2, -0.15) is 0 Å². The third kappa shape index (κ3) is 4.21. The van der Waals surface area contributed by atoms with E-state index < -0.39 is 0 Å². The number of nitrogens with zero attached hydrogens (tertiary/aromatic N) is 3. The van der Waals surface area contributed by atoms with Crippen molar-refractivity contribution < 1.29 is 4.79 Å². The van der Waals surface area contributed by atoms with E-state index in [9.17, 15) is 4.79 Å². The van der Waals surface area contributed by atoms with E-state index in [4.69, 9.17) is 0 Å². The molecule has 31 heavy (non-hydrogen) atoms. The van der Waals surface area contributed by atoms with Crippen LogP contribution in [0.25, 0.3) is 22.2 Å². The highest BCUT2D eigenvalue weighted by molar-refractivity contribution is 6.05. The minimum atomic E-state index is -0.198. The van der Waals surface area contributed by atoms with E-state index >= 15 is 0 Å². The Hall–Kier alpha value is -4.25. The summed E-state index contributed by atoms with van der Waals surface area (Å²) in [5, 5.41) is 3.98. The first-order chi connectivity index (χ1) is 15.2. The molecule has 0 fully saturated rings. The molecule has 0 aliphatic heterocycles. The topological polar surface area (TPSA) is 59.8 Å². The summed E-state index contributed by atoms with van der Waals surface area (Å²) in [5.41, 5.74) is 5.04. The number of rotatable bonds is 5. The Labute approximate surface area is 180 Å². The molecule has 3 aromatic heterocycles. The number of fused-ring (bicyclic) bond motifs is 1. The van der Waals surface area contributed by atoms with Crippen molar-refractivity contribution in [3.63, 3.8) is 0 Å². The Bertz CT molecular complexity index is 1330. The first-order valence-electron chi connectivity index (χ1n) is 10.1. The molecule has 0 aliphatic carbocycles. The Morgan fingerprint density at radius 2 is 1.68 bits per heavy atom. The fourth-order valence-corrected chi connectivity index (χ4v) is 3.53. The van der Waals surface area contributed by atoms with E-state index in [1.807, 2.05) is 85.3 Å². The van der Waals surface area contributed by atoms with Gasteiger partial charge in [-0.3, -0.25) is 14.8 Å². The molecule has 2 aromatic carbocycles. The van der Waals surface area contributed by atoms with E-state index in [1.165, 1.54) is 0 Å². The number of hydrogen-bond donors (Lipinski definition) is 1. The Balaban J connectivity index is 1.31. The molecule has 0 saturated carbocycles. The summed E-state index contributed by atoms with van der Waals surface area (Å²) in [4.78, 5) is 21.7. The minimum Gasteiger partial charge on any atom is -0.350 e. The molecule has 150 valence electrons. The van der Waals surface area contributed by atoms with Gasteiger partial charge in [-0.25, -0.2) is 0 Å². The van der Waals surface area contributed by atoms with Crippen LogP contribution in [-0.4, -0.2) is 20.4 Å². The fourth-order valence-electron chi connectivity index (χ4n) is 3.53. The van der Waals surface area contributed by atoms with Crippen LogP contribution in [0, 0.1) is 0 Å². The first kappa shape index (κ1) is 18.8. The molecular weight excluding hydrogens is 384 g/mol. The smallest absolute Gasteiger partial charge is 0.257 e. The number of amides is 1. The average Bonchev–Trinajstić information content (AvgIpc) is 3.33. The molecular formula is C26H20N4O. The summed E-state index contributed by atoms with van der Waals surface area (Å²) in [7, 11) is 0. The van der Waals surface area contributed by atoms with Crippen LogP contribution < -0.4 is 5.32 Å². The van der Waals surface area contributed by atoms with Gasteiger partial charge in [0.05, 0.1) is 16.8 Å². The maximum absolute atomic E-state index is 12.7. The lowest BCUT2D eigenvalue weighted by molar-refractivity contribution is 0.102. The van der Waals surface area contributed by atoms with E-state index in [0.29, 0.717) is 11.3 Å². The predicted octanol–water partition coefficient (Wildman–Crippen LogP) is 5.40. The van der Waals surface area contributed by atoms with Gasteiger partial charge in [-0.05, 0) is 48.0 Å². The summed E-state index contributed by atoms with van der Waals surface area (Å²) in [5.74, 6) is -0.198. The molecule has 0 saturated heterocycles. The second-order valence-corrected chi connectivity index (χ2v) is 7.36. The summed E-state index contributed by atoms with van der Waals surface area (Å²) in [6.45, 7) is 0.778. The van der Waals surface area contributed by atoms with Crippen molar-refractivity contribution in [2.24, 2.45) is 0 Å². The molecule has 0 aliphatic rings. The molecule has 0 radical (unpaired) electrons. The summed E-state index contributed by atoms with van der Waals surface area (Å²) >= 11 is 0. The Morgan fingerprint density at radius 3 is 2.45 bits per heavy atom. The molecule has 5 nitrogen and oxygen atoms in total. The number of anilines is 1. The van der Waals surface area contributed by atoms with Crippen LogP contribution in [0.3, 0.4) is 0 Å². The molecule has 0 unspecified atom stereocenters. The highest BCUT2D eigenvalue weighted by Crippen LogP contribution is 2.21. The van der Waals surface area contributed by atoms with Crippen molar-refractivity contribution in [1.82, 2.24) is 14.5 Å². The SMILES string of the molecule is O=C(Nc1ccc2cc(Cn3cccc3)cnc2c1)c1ccc(-c2ccccc2)nc1. The van der Waals surface area contributed by atoms with Gasteiger partial charge < -0.3 is 9.88 Å². The number of carbonyl (C=O) groups excluding carboxylic acids is 1. The lowest BCUT2D eigenvalue weighted by Gasteiger charge is -2.08. The number of carbonyl (C=O) groups is 1. The van der Waals surface area contributed by atoms with Crippen molar-refractivity contribution in [2.45, 2.75) is 6.54 Å². The molecule has 1 amide bonds. The van der Waals surface area contributed by atoms with Gasteiger partial charge >= 0.3 is 0 Å². The normalized spacial score (nSPS) is 10.8. The zero-order valence-corrected chi connectivity index (χ0v) is 16.8. The van der Waals surface area contributed by atoms with E-state index in [1.54, 1.807) is 12.3 Å². The van der Waals surface area contributed by atoms with Gasteiger partial charge in [0.1, 0.15) is 0 Å². The average molecular weight is 404 g/mol. The highest BCUT2D eigenvalue weighted by atomic mass is 16.1. The molecule has 5 heteroatoms. The fraction of sp³-hybridized carbons (Fsp3) is 0.0385. The zero-order chi connectivity index (χ0) is 21.0. The van der Waals surface area contributed by atoms with Gasteiger partial charge in [-0.1, -0.05) is 36.4 Å². The second-order valence-electron chi connectivity index (χ2n) is 7.36. The quantitative estimate of drug-likeness (QED) is 0.427. The van der Waals surface area contributed by atoms with Gasteiger partial charge in [0.25, 0.3) is 5.91 Å². The molecule has 3 heterocycles. The number of benzene rings is 2. The third-order valence-corrected chi connectivity index (χ3v) is 5.13. The maximum Gasteiger partial charge on any atom is 0.257 e. The molecule has 0 bridgehead atoms. The van der Waals surface area contributed by atoms with Crippen LogP contribution in [0.15, 0.2) is 104 Å². The summed E-state index contributed by atoms with van der Waals surface area (Å²) < 4.78 is 2.11. The van der Waals surface area contributed by atoms with Crippen molar-refractivity contribution in [2.75, 3.05) is 5.32 Å². The number of nitrogens with one attached hydrogen (secondary N) is 1. The largest absolute Gasteiger partial charge is 0.350 e. The van der Waals surface area contributed by atoms with Gasteiger partial charge in [0, 0.05) is 48.0 Å². The minimum absolute atomic E-state index is 0.198. The Kier molecular flexibility index (Phi) is 4.99. The number of pyridine rings is 2. The van der Waals surface area contributed by atoms with Crippen LogP contribution in [0.4, 0.5) is 5.69 Å². The number of aromatic nitrogens is 3. The van der Waals surface area contributed by atoms with Gasteiger partial charge in [0.2, 0.25) is 0 Å². The highest BCUT2D eigenvalue weighted by Gasteiger charge is 2.09. The van der Waals surface area contributed by atoms with Crippen LogP contribution in [-0.2, 0) is 6.54 Å². The maximum atomic E-state index is 12.7. The molecule has 0 atom stereocenters. The summed E-state index contributed by atoms with van der Waals surface area (Å²) in [6.07, 6.45) is 7.54. The Morgan fingerprint density at radius 1 is 0.839 bits per heavy atom. The van der Waals surface area contributed by atoms with Crippen LogP contribution in [0.5, 0.6) is 0 Å². The molecule has 1 N–H and O–H groups in total. The molecule has 0 spiro atoms. The monoisotopic (exact) mass is 404 g/mol. The third-order valence-electron chi connectivity index (χ3n) is 5.13. The van der Waals surface area contributed by atoms with E-state index in [2.05, 4.69) is 25.9 Å². The standard InChI is InChI=1S/C26H20N4O/c31-26(22-9-11-24(28-17-22)20-6-2-1-3-7-20)29-23-10-8-21-14-19(16-27-25(21)15-23)18-30-12-4-5-13-30/h1-17H,18H2,(H,29,31). The lowest BCUT2D eigenvalue weighted by atomic mass is 10.1. The van der Waals surface area contributed by atoms with Crippen LogP contribution >= 0.6 is 0 Å². The molecule has 5 aromatic rings. The predicted molar refractivity (Wildman–Crippen MR) is 123 cm³/mol. The second kappa shape index (κ2) is 8.24. The zero-order valence-electron chi connectivity index (χ0n) is 16.8. The van der Waals surface area contributed by atoms with Gasteiger partial charge in [0.15, 0.2) is 0 Å². The van der Waals surface area contributed by atoms with Crippen LogP contribution in [0.2, 0.25) is 0 Å². The first-order valence-corrected chi connectivity index (χ1v) is 10.1. The van der Waals surface area contributed by atoms with E-state index in [-0.39, 0.29) is 5.91 Å². The van der Waals surface area contributed by atoms with Crippen molar-refractivity contribution in [3.8, 4) is 11.3 Å². The lowest BCUT2D eigenvalue weighted by Crippen LogP contribution is -2.12. The molecule has 5 rings (SSSR count). The summed E-state index contributed by atoms with van der Waals surface area (Å²) in [6, 6.07) is 25.4. The van der Waals surface area contributed by atoms with Gasteiger partial charge in [-0.15, -0.1) is 0 Å².